The van der Waals surface area contributed by atoms with Crippen molar-refractivity contribution in [3.05, 3.63) is 23.8 Å². The number of carboxylic acids is 1. The quantitative estimate of drug-likeness (QED) is 0.777. The molecular formula is C13H17NO5. The summed E-state index contributed by atoms with van der Waals surface area (Å²) in [5.41, 5.74) is 0.288. The Balaban J connectivity index is 2.90. The van der Waals surface area contributed by atoms with Gasteiger partial charge in [0.15, 0.2) is 0 Å². The van der Waals surface area contributed by atoms with Crippen LogP contribution in [-0.4, -0.2) is 37.2 Å². The summed E-state index contributed by atoms with van der Waals surface area (Å²) >= 11 is 0. The van der Waals surface area contributed by atoms with Gasteiger partial charge in [-0.15, -0.1) is 0 Å². The summed E-state index contributed by atoms with van der Waals surface area (Å²) in [5.74, 6) is -0.640. The van der Waals surface area contributed by atoms with Gasteiger partial charge in [-0.05, 0) is 18.6 Å². The monoisotopic (exact) mass is 267 g/mol. The summed E-state index contributed by atoms with van der Waals surface area (Å²) in [6, 6.07) is 4.76. The molecule has 2 N–H and O–H groups in total. The molecule has 19 heavy (non-hydrogen) atoms. The van der Waals surface area contributed by atoms with E-state index in [0.29, 0.717) is 18.1 Å². The van der Waals surface area contributed by atoms with Crippen molar-refractivity contribution < 1.29 is 24.2 Å². The molecule has 0 aromatic heterocycles. The van der Waals surface area contributed by atoms with Crippen molar-refractivity contribution in [3.63, 3.8) is 0 Å². The predicted molar refractivity (Wildman–Crippen MR) is 68.7 cm³/mol. The SMILES string of the molecule is CCCOc1cc(OC)ccc1C(=O)NCC(=O)O. The number of hydrogen-bond donors (Lipinski definition) is 2. The summed E-state index contributed by atoms with van der Waals surface area (Å²) in [4.78, 5) is 22.3. The van der Waals surface area contributed by atoms with E-state index in [4.69, 9.17) is 14.6 Å². The summed E-state index contributed by atoms with van der Waals surface area (Å²) in [7, 11) is 1.52. The summed E-state index contributed by atoms with van der Waals surface area (Å²) in [6.45, 7) is 1.98. The van der Waals surface area contributed by atoms with Crippen LogP contribution in [0.3, 0.4) is 0 Å². The van der Waals surface area contributed by atoms with Crippen molar-refractivity contribution >= 4 is 11.9 Å². The number of ether oxygens (including phenoxy) is 2. The number of hydrogen-bond acceptors (Lipinski definition) is 4. The molecule has 0 fully saturated rings. The number of amides is 1. The number of nitrogens with one attached hydrogen (secondary N) is 1. The van der Waals surface area contributed by atoms with Crippen LogP contribution < -0.4 is 14.8 Å². The van der Waals surface area contributed by atoms with Crippen LogP contribution in [0.5, 0.6) is 11.5 Å². The molecule has 104 valence electrons. The number of carbonyl (C=O) groups is 2. The van der Waals surface area contributed by atoms with Crippen LogP contribution in [-0.2, 0) is 4.79 Å². The fourth-order valence-electron chi connectivity index (χ4n) is 1.40. The van der Waals surface area contributed by atoms with Gasteiger partial charge in [-0.25, -0.2) is 0 Å². The predicted octanol–water partition coefficient (Wildman–Crippen LogP) is 1.30. The Morgan fingerprint density at radius 3 is 2.68 bits per heavy atom. The van der Waals surface area contributed by atoms with E-state index in [9.17, 15) is 9.59 Å². The van der Waals surface area contributed by atoms with Crippen molar-refractivity contribution in [3.8, 4) is 11.5 Å². The molecule has 0 atom stereocenters. The molecule has 1 amide bonds. The normalized spacial score (nSPS) is 9.79. The Hall–Kier alpha value is -2.24. The Kier molecular flexibility index (Phi) is 5.66. The molecule has 1 aromatic carbocycles. The molecule has 0 saturated carbocycles. The van der Waals surface area contributed by atoms with Crippen LogP contribution in [0.25, 0.3) is 0 Å². The molecule has 6 nitrogen and oxygen atoms in total. The Bertz CT molecular complexity index is 458. The summed E-state index contributed by atoms with van der Waals surface area (Å²) < 4.78 is 10.5. The molecule has 1 rings (SSSR count). The fourth-order valence-corrected chi connectivity index (χ4v) is 1.40. The highest BCUT2D eigenvalue weighted by atomic mass is 16.5. The van der Waals surface area contributed by atoms with Crippen LogP contribution in [0.2, 0.25) is 0 Å². The standard InChI is InChI=1S/C13H17NO5/c1-3-6-19-11-7-9(18-2)4-5-10(11)13(17)14-8-12(15)16/h4-5,7H,3,6,8H2,1-2H3,(H,14,17)(H,15,16). The van der Waals surface area contributed by atoms with Gasteiger partial charge in [0.1, 0.15) is 18.0 Å². The zero-order valence-corrected chi connectivity index (χ0v) is 10.9. The zero-order chi connectivity index (χ0) is 14.3. The van der Waals surface area contributed by atoms with Gasteiger partial charge in [0.25, 0.3) is 5.91 Å². The van der Waals surface area contributed by atoms with Gasteiger partial charge >= 0.3 is 5.97 Å². The highest BCUT2D eigenvalue weighted by Gasteiger charge is 2.14. The lowest BCUT2D eigenvalue weighted by Crippen LogP contribution is -2.29. The van der Waals surface area contributed by atoms with Gasteiger partial charge in [0.2, 0.25) is 0 Å². The largest absolute Gasteiger partial charge is 0.497 e. The fraction of sp³-hybridized carbons (Fsp3) is 0.385. The van der Waals surface area contributed by atoms with Crippen molar-refractivity contribution in [1.82, 2.24) is 5.32 Å². The summed E-state index contributed by atoms with van der Waals surface area (Å²) in [5, 5.41) is 10.8. The zero-order valence-electron chi connectivity index (χ0n) is 10.9. The maximum Gasteiger partial charge on any atom is 0.322 e. The van der Waals surface area contributed by atoms with Crippen molar-refractivity contribution in [2.75, 3.05) is 20.3 Å². The van der Waals surface area contributed by atoms with Crippen LogP contribution in [0.15, 0.2) is 18.2 Å². The maximum absolute atomic E-state index is 11.8. The lowest BCUT2D eigenvalue weighted by atomic mass is 10.1. The number of methoxy groups -OCH3 is 1. The average molecular weight is 267 g/mol. The van der Waals surface area contributed by atoms with Gasteiger partial charge in [0.05, 0.1) is 19.3 Å². The van der Waals surface area contributed by atoms with E-state index in [1.165, 1.54) is 7.11 Å². The van der Waals surface area contributed by atoms with Crippen LogP contribution in [0, 0.1) is 0 Å². The van der Waals surface area contributed by atoms with E-state index >= 15 is 0 Å². The Labute approximate surface area is 111 Å². The number of rotatable bonds is 7. The molecule has 0 radical (unpaired) electrons. The first kappa shape index (κ1) is 14.8. The molecule has 0 heterocycles. The van der Waals surface area contributed by atoms with E-state index in [1.54, 1.807) is 18.2 Å². The minimum absolute atomic E-state index is 0.288. The van der Waals surface area contributed by atoms with E-state index in [1.807, 2.05) is 6.92 Å². The third kappa shape index (κ3) is 4.50. The van der Waals surface area contributed by atoms with Crippen LogP contribution in [0.1, 0.15) is 23.7 Å². The Morgan fingerprint density at radius 2 is 2.11 bits per heavy atom. The summed E-state index contributed by atoms with van der Waals surface area (Å²) in [6.07, 6.45) is 0.799. The van der Waals surface area contributed by atoms with E-state index in [-0.39, 0.29) is 5.56 Å². The van der Waals surface area contributed by atoms with Crippen LogP contribution >= 0.6 is 0 Å². The van der Waals surface area contributed by atoms with Gasteiger partial charge in [-0.1, -0.05) is 6.92 Å². The number of benzene rings is 1. The van der Waals surface area contributed by atoms with Crippen molar-refractivity contribution in [1.29, 1.82) is 0 Å². The smallest absolute Gasteiger partial charge is 0.322 e. The van der Waals surface area contributed by atoms with Crippen molar-refractivity contribution in [2.45, 2.75) is 13.3 Å². The molecule has 0 unspecified atom stereocenters. The lowest BCUT2D eigenvalue weighted by Gasteiger charge is -2.12. The van der Waals surface area contributed by atoms with Crippen LogP contribution in [0.4, 0.5) is 0 Å². The van der Waals surface area contributed by atoms with E-state index < -0.39 is 18.4 Å². The first-order valence-electron chi connectivity index (χ1n) is 5.89. The minimum Gasteiger partial charge on any atom is -0.497 e. The molecular weight excluding hydrogens is 250 g/mol. The molecule has 0 spiro atoms. The molecule has 0 aliphatic carbocycles. The van der Waals surface area contributed by atoms with Gasteiger partial charge in [0, 0.05) is 6.07 Å². The molecule has 1 aromatic rings. The molecule has 0 aliphatic rings. The first-order valence-corrected chi connectivity index (χ1v) is 5.89. The lowest BCUT2D eigenvalue weighted by molar-refractivity contribution is -0.135. The second-order valence-electron chi connectivity index (χ2n) is 3.79. The van der Waals surface area contributed by atoms with Gasteiger partial charge in [-0.2, -0.15) is 0 Å². The molecule has 6 heteroatoms. The average Bonchev–Trinajstić information content (AvgIpc) is 2.42. The third-order valence-electron chi connectivity index (χ3n) is 2.30. The van der Waals surface area contributed by atoms with Crippen molar-refractivity contribution in [2.24, 2.45) is 0 Å². The van der Waals surface area contributed by atoms with Gasteiger partial charge < -0.3 is 19.9 Å². The second kappa shape index (κ2) is 7.25. The number of carboxylic acid groups (broad SMARTS) is 1. The number of carbonyl (C=O) groups excluding carboxylic acids is 1. The number of aliphatic carboxylic acids is 1. The molecule has 0 saturated heterocycles. The van der Waals surface area contributed by atoms with Gasteiger partial charge in [-0.3, -0.25) is 9.59 Å². The highest BCUT2D eigenvalue weighted by molar-refractivity contribution is 5.98. The molecule has 0 bridgehead atoms. The van der Waals surface area contributed by atoms with E-state index in [0.717, 1.165) is 6.42 Å². The third-order valence-corrected chi connectivity index (χ3v) is 2.30. The second-order valence-corrected chi connectivity index (χ2v) is 3.79. The minimum atomic E-state index is -1.10. The Morgan fingerprint density at radius 1 is 1.37 bits per heavy atom. The van der Waals surface area contributed by atoms with E-state index in [2.05, 4.69) is 5.32 Å². The highest BCUT2D eigenvalue weighted by Crippen LogP contribution is 2.25. The molecule has 0 aliphatic heterocycles. The maximum atomic E-state index is 11.8. The first-order chi connectivity index (χ1) is 9.08. The topological polar surface area (TPSA) is 84.9 Å².